The molecule has 1 atom stereocenters. The summed E-state index contributed by atoms with van der Waals surface area (Å²) in [6.07, 6.45) is 1.50. The van der Waals surface area contributed by atoms with Gasteiger partial charge in [0, 0.05) is 37.9 Å². The van der Waals surface area contributed by atoms with Crippen LogP contribution in [-0.4, -0.2) is 35.7 Å². The van der Waals surface area contributed by atoms with Crippen LogP contribution in [0.5, 0.6) is 0 Å². The van der Waals surface area contributed by atoms with Gasteiger partial charge in [0.2, 0.25) is 0 Å². The minimum atomic E-state index is -0.0828. The van der Waals surface area contributed by atoms with Gasteiger partial charge in [-0.2, -0.15) is 0 Å². The van der Waals surface area contributed by atoms with Gasteiger partial charge in [-0.15, -0.1) is 0 Å². The number of carbonyl (C=O) groups is 1. The third-order valence-electron chi connectivity index (χ3n) is 3.99. The molecule has 0 radical (unpaired) electrons. The molecule has 3 rings (SSSR count). The summed E-state index contributed by atoms with van der Waals surface area (Å²) in [5, 5.41) is 6.71. The fraction of sp³-hybridized carbons (Fsp3) is 0.375. The van der Waals surface area contributed by atoms with Crippen molar-refractivity contribution in [3.05, 3.63) is 47.9 Å². The van der Waals surface area contributed by atoms with E-state index in [1.165, 1.54) is 12.0 Å². The number of nitrogens with zero attached hydrogens (tertiary/aromatic N) is 3. The highest BCUT2D eigenvalue weighted by Crippen LogP contribution is 2.25. The van der Waals surface area contributed by atoms with E-state index >= 15 is 0 Å². The number of rotatable bonds is 2. The highest BCUT2D eigenvalue weighted by atomic mass is 16.5. The van der Waals surface area contributed by atoms with Crippen LogP contribution in [-0.2, 0) is 13.1 Å². The first-order chi connectivity index (χ1) is 10.6. The molecule has 22 heavy (non-hydrogen) atoms. The lowest BCUT2D eigenvalue weighted by atomic mass is 10.1. The third-order valence-corrected chi connectivity index (χ3v) is 3.99. The topological polar surface area (TPSA) is 61.6 Å². The van der Waals surface area contributed by atoms with E-state index < -0.39 is 0 Å². The van der Waals surface area contributed by atoms with Gasteiger partial charge in [0.25, 0.3) is 0 Å². The Bertz CT molecular complexity index is 641. The Labute approximate surface area is 129 Å². The Hall–Kier alpha value is -2.50. The maximum absolute atomic E-state index is 12.5. The lowest BCUT2D eigenvalue weighted by molar-refractivity contribution is 0.177. The number of hydrogen-bond donors (Lipinski definition) is 1. The first kappa shape index (κ1) is 14.4. The van der Waals surface area contributed by atoms with E-state index in [2.05, 4.69) is 41.5 Å². The zero-order valence-corrected chi connectivity index (χ0v) is 12.8. The molecule has 2 amide bonds. The van der Waals surface area contributed by atoms with Gasteiger partial charge in [0.15, 0.2) is 0 Å². The fourth-order valence-corrected chi connectivity index (χ4v) is 2.82. The van der Waals surface area contributed by atoms with Crippen molar-refractivity contribution in [2.75, 3.05) is 18.5 Å². The molecule has 0 unspecified atom stereocenters. The smallest absolute Gasteiger partial charge is 0.318 e. The molecule has 0 aliphatic carbocycles. The van der Waals surface area contributed by atoms with Crippen LogP contribution in [0.3, 0.4) is 0 Å². The monoisotopic (exact) mass is 300 g/mol. The summed E-state index contributed by atoms with van der Waals surface area (Å²) >= 11 is 0. The molecule has 2 aromatic rings. The molecule has 0 bridgehead atoms. The quantitative estimate of drug-likeness (QED) is 0.924. The third kappa shape index (κ3) is 2.90. The van der Waals surface area contributed by atoms with E-state index in [4.69, 9.17) is 4.52 Å². The number of fused-ring (bicyclic) bond motifs is 1. The normalized spacial score (nSPS) is 17.8. The predicted molar refractivity (Wildman–Crippen MR) is 83.5 cm³/mol. The lowest BCUT2D eigenvalue weighted by Gasteiger charge is -2.28. The van der Waals surface area contributed by atoms with Crippen molar-refractivity contribution in [2.24, 2.45) is 0 Å². The van der Waals surface area contributed by atoms with Crippen LogP contribution < -0.4 is 10.2 Å². The largest absolute Gasteiger partial charge is 0.372 e. The first-order valence-corrected chi connectivity index (χ1v) is 7.38. The molecule has 1 aliphatic rings. The van der Waals surface area contributed by atoms with Gasteiger partial charge in [-0.25, -0.2) is 4.79 Å². The Balaban J connectivity index is 1.74. The standard InChI is InChI=1S/C16H20N4O2/c1-12-10-19(2)15-6-4-3-5-13(15)11-20(12)16(21)17-9-14-7-8-22-18-14/h3-8,12H,9-11H2,1-2H3,(H,17,21)/t12-/m0/s1. The summed E-state index contributed by atoms with van der Waals surface area (Å²) < 4.78 is 4.77. The zero-order chi connectivity index (χ0) is 15.5. The van der Waals surface area contributed by atoms with Crippen LogP contribution in [0.15, 0.2) is 41.1 Å². The van der Waals surface area contributed by atoms with E-state index in [9.17, 15) is 4.79 Å². The van der Waals surface area contributed by atoms with Crippen molar-refractivity contribution in [3.63, 3.8) is 0 Å². The van der Waals surface area contributed by atoms with Gasteiger partial charge in [-0.1, -0.05) is 23.4 Å². The Morgan fingerprint density at radius 1 is 1.41 bits per heavy atom. The summed E-state index contributed by atoms with van der Waals surface area (Å²) in [7, 11) is 2.06. The van der Waals surface area contributed by atoms with Gasteiger partial charge in [0.05, 0.1) is 6.54 Å². The highest BCUT2D eigenvalue weighted by Gasteiger charge is 2.26. The number of likely N-dealkylation sites (N-methyl/N-ethyl adjacent to an activating group) is 1. The van der Waals surface area contributed by atoms with Crippen molar-refractivity contribution in [3.8, 4) is 0 Å². The van der Waals surface area contributed by atoms with Gasteiger partial charge in [-0.3, -0.25) is 0 Å². The molecule has 0 fully saturated rings. The van der Waals surface area contributed by atoms with E-state index in [0.29, 0.717) is 18.8 Å². The van der Waals surface area contributed by atoms with Crippen molar-refractivity contribution < 1.29 is 9.32 Å². The second-order valence-corrected chi connectivity index (χ2v) is 5.64. The molecular formula is C16H20N4O2. The van der Waals surface area contributed by atoms with E-state index in [0.717, 1.165) is 12.1 Å². The number of amides is 2. The van der Waals surface area contributed by atoms with Crippen LogP contribution in [0.25, 0.3) is 0 Å². The summed E-state index contributed by atoms with van der Waals surface area (Å²) in [6.45, 7) is 3.84. The number of para-hydroxylation sites is 1. The molecular weight excluding hydrogens is 280 g/mol. The molecule has 1 aromatic carbocycles. The molecule has 6 heteroatoms. The summed E-state index contributed by atoms with van der Waals surface area (Å²) in [6, 6.07) is 9.99. The number of carbonyl (C=O) groups excluding carboxylic acids is 1. The molecule has 2 heterocycles. The van der Waals surface area contributed by atoms with Gasteiger partial charge < -0.3 is 19.6 Å². The molecule has 1 aliphatic heterocycles. The lowest BCUT2D eigenvalue weighted by Crippen LogP contribution is -2.46. The molecule has 116 valence electrons. The SMILES string of the molecule is C[C@H]1CN(C)c2ccccc2CN1C(=O)NCc1ccon1. The average molecular weight is 300 g/mol. The summed E-state index contributed by atoms with van der Waals surface area (Å²) in [5.41, 5.74) is 3.06. The van der Waals surface area contributed by atoms with Crippen LogP contribution in [0.4, 0.5) is 10.5 Å². The van der Waals surface area contributed by atoms with Gasteiger partial charge in [-0.05, 0) is 18.6 Å². The highest BCUT2D eigenvalue weighted by molar-refractivity contribution is 5.75. The Morgan fingerprint density at radius 3 is 3.00 bits per heavy atom. The second-order valence-electron chi connectivity index (χ2n) is 5.64. The number of urea groups is 1. The van der Waals surface area contributed by atoms with Crippen molar-refractivity contribution in [1.29, 1.82) is 0 Å². The summed E-state index contributed by atoms with van der Waals surface area (Å²) in [4.78, 5) is 16.6. The van der Waals surface area contributed by atoms with Crippen LogP contribution in [0.2, 0.25) is 0 Å². The molecule has 0 saturated heterocycles. The summed E-state index contributed by atoms with van der Waals surface area (Å²) in [5.74, 6) is 0. The number of benzene rings is 1. The fourth-order valence-electron chi connectivity index (χ4n) is 2.82. The Morgan fingerprint density at radius 2 is 2.23 bits per heavy atom. The predicted octanol–water partition coefficient (Wildman–Crippen LogP) is 2.22. The van der Waals surface area contributed by atoms with E-state index in [1.807, 2.05) is 17.0 Å². The molecule has 1 aromatic heterocycles. The zero-order valence-electron chi connectivity index (χ0n) is 12.8. The Kier molecular flexibility index (Phi) is 4.00. The minimum absolute atomic E-state index is 0.0828. The van der Waals surface area contributed by atoms with E-state index in [-0.39, 0.29) is 12.1 Å². The van der Waals surface area contributed by atoms with Crippen LogP contribution in [0.1, 0.15) is 18.2 Å². The van der Waals surface area contributed by atoms with Crippen molar-refractivity contribution >= 4 is 11.7 Å². The number of anilines is 1. The van der Waals surface area contributed by atoms with Crippen LogP contribution >= 0.6 is 0 Å². The number of aromatic nitrogens is 1. The molecule has 0 spiro atoms. The average Bonchev–Trinajstić information content (AvgIpc) is 2.99. The molecule has 1 N–H and O–H groups in total. The number of nitrogens with one attached hydrogen (secondary N) is 1. The maximum Gasteiger partial charge on any atom is 0.318 e. The molecule has 6 nitrogen and oxygen atoms in total. The van der Waals surface area contributed by atoms with Crippen LogP contribution in [0, 0.1) is 0 Å². The van der Waals surface area contributed by atoms with Gasteiger partial charge in [0.1, 0.15) is 12.0 Å². The molecule has 0 saturated carbocycles. The van der Waals surface area contributed by atoms with E-state index in [1.54, 1.807) is 6.07 Å². The minimum Gasteiger partial charge on any atom is -0.372 e. The van der Waals surface area contributed by atoms with Crippen molar-refractivity contribution in [2.45, 2.75) is 26.1 Å². The second kappa shape index (κ2) is 6.09. The maximum atomic E-state index is 12.5. The van der Waals surface area contributed by atoms with Crippen molar-refractivity contribution in [1.82, 2.24) is 15.4 Å². The first-order valence-electron chi connectivity index (χ1n) is 7.38. The number of hydrogen-bond acceptors (Lipinski definition) is 4. The van der Waals surface area contributed by atoms with Gasteiger partial charge >= 0.3 is 6.03 Å².